The number of aromatic nitrogens is 1. The standard InChI is InChI=1S/C16H18N2O2/c1-2-3-4-13-5-7-15(8-6-13)17-16(19)14-9-11-18(20)12-10-14/h5-12H,2-4H2,1H3,(H,17,19). The monoisotopic (exact) mass is 270 g/mol. The lowest BCUT2D eigenvalue weighted by molar-refractivity contribution is -0.605. The molecule has 1 N–H and O–H groups in total. The minimum Gasteiger partial charge on any atom is -0.619 e. The molecule has 0 saturated carbocycles. The summed E-state index contributed by atoms with van der Waals surface area (Å²) in [5.74, 6) is -0.216. The van der Waals surface area contributed by atoms with E-state index in [1.165, 1.54) is 42.9 Å². The molecule has 0 aliphatic carbocycles. The molecule has 1 aromatic carbocycles. The number of nitrogens with zero attached hydrogens (tertiary/aromatic N) is 1. The van der Waals surface area contributed by atoms with Crippen LogP contribution in [0.4, 0.5) is 5.69 Å². The molecule has 0 atom stereocenters. The first kappa shape index (κ1) is 14.1. The lowest BCUT2D eigenvalue weighted by atomic mass is 10.1. The number of pyridine rings is 1. The second-order valence-corrected chi connectivity index (χ2v) is 4.70. The number of nitrogens with one attached hydrogen (secondary N) is 1. The van der Waals surface area contributed by atoms with E-state index in [0.717, 1.165) is 12.1 Å². The van der Waals surface area contributed by atoms with Crippen LogP contribution in [-0.2, 0) is 6.42 Å². The lowest BCUT2D eigenvalue weighted by Crippen LogP contribution is -2.25. The largest absolute Gasteiger partial charge is 0.619 e. The summed E-state index contributed by atoms with van der Waals surface area (Å²) in [6.07, 6.45) is 6.02. The van der Waals surface area contributed by atoms with Gasteiger partial charge in [0.15, 0.2) is 12.4 Å². The maximum absolute atomic E-state index is 12.0. The van der Waals surface area contributed by atoms with Crippen LogP contribution in [0, 0.1) is 5.21 Å². The fraction of sp³-hybridized carbons (Fsp3) is 0.250. The molecule has 1 aromatic heterocycles. The van der Waals surface area contributed by atoms with E-state index in [2.05, 4.69) is 12.2 Å². The van der Waals surface area contributed by atoms with E-state index >= 15 is 0 Å². The average Bonchev–Trinajstić information content (AvgIpc) is 2.47. The summed E-state index contributed by atoms with van der Waals surface area (Å²) in [5, 5.41) is 13.7. The summed E-state index contributed by atoms with van der Waals surface area (Å²) < 4.78 is 0.652. The molecule has 2 aromatic rings. The Hall–Kier alpha value is -2.36. The van der Waals surface area contributed by atoms with Crippen LogP contribution in [0.5, 0.6) is 0 Å². The molecule has 0 fully saturated rings. The highest BCUT2D eigenvalue weighted by molar-refractivity contribution is 6.04. The van der Waals surface area contributed by atoms with Crippen molar-refractivity contribution in [3.8, 4) is 0 Å². The average molecular weight is 270 g/mol. The van der Waals surface area contributed by atoms with Crippen LogP contribution < -0.4 is 10.0 Å². The van der Waals surface area contributed by atoms with E-state index in [9.17, 15) is 10.0 Å². The van der Waals surface area contributed by atoms with Crippen molar-refractivity contribution in [1.82, 2.24) is 0 Å². The van der Waals surface area contributed by atoms with E-state index in [0.29, 0.717) is 10.3 Å². The normalized spacial score (nSPS) is 10.2. The number of carbonyl (C=O) groups is 1. The van der Waals surface area contributed by atoms with Crippen molar-refractivity contribution >= 4 is 11.6 Å². The number of unbranched alkanes of at least 4 members (excludes halogenated alkanes) is 1. The number of rotatable bonds is 5. The number of anilines is 1. The predicted molar refractivity (Wildman–Crippen MR) is 78.4 cm³/mol. The zero-order valence-corrected chi connectivity index (χ0v) is 11.5. The van der Waals surface area contributed by atoms with Crippen molar-refractivity contribution in [2.75, 3.05) is 5.32 Å². The Morgan fingerprint density at radius 2 is 1.80 bits per heavy atom. The molecule has 1 amide bonds. The van der Waals surface area contributed by atoms with Crippen LogP contribution in [0.1, 0.15) is 35.7 Å². The maximum atomic E-state index is 12.0. The molecular formula is C16H18N2O2. The molecule has 4 nitrogen and oxygen atoms in total. The van der Waals surface area contributed by atoms with Crippen molar-refractivity contribution < 1.29 is 9.52 Å². The number of hydrogen-bond acceptors (Lipinski definition) is 2. The number of amides is 1. The smallest absolute Gasteiger partial charge is 0.256 e. The van der Waals surface area contributed by atoms with Crippen molar-refractivity contribution in [2.24, 2.45) is 0 Å². The van der Waals surface area contributed by atoms with Crippen molar-refractivity contribution in [1.29, 1.82) is 0 Å². The van der Waals surface area contributed by atoms with E-state index in [1.54, 1.807) is 0 Å². The van der Waals surface area contributed by atoms with Gasteiger partial charge in [0, 0.05) is 17.8 Å². The Bertz CT molecular complexity index is 562. The number of benzene rings is 1. The SMILES string of the molecule is CCCCc1ccc(NC(=O)c2cc[n+]([O-])cc2)cc1. The highest BCUT2D eigenvalue weighted by atomic mass is 16.5. The van der Waals surface area contributed by atoms with Crippen LogP contribution in [0.25, 0.3) is 0 Å². The molecule has 0 spiro atoms. The Kier molecular flexibility index (Phi) is 4.71. The van der Waals surface area contributed by atoms with Gasteiger partial charge < -0.3 is 10.5 Å². The Morgan fingerprint density at radius 1 is 1.15 bits per heavy atom. The summed E-state index contributed by atoms with van der Waals surface area (Å²) in [7, 11) is 0. The van der Waals surface area contributed by atoms with Crippen molar-refractivity contribution in [2.45, 2.75) is 26.2 Å². The molecule has 0 aliphatic rings. The molecular weight excluding hydrogens is 252 g/mol. The first-order chi connectivity index (χ1) is 9.69. The third-order valence-corrected chi connectivity index (χ3v) is 3.10. The fourth-order valence-corrected chi connectivity index (χ4v) is 1.90. The second kappa shape index (κ2) is 6.70. The van der Waals surface area contributed by atoms with Crippen LogP contribution >= 0.6 is 0 Å². The van der Waals surface area contributed by atoms with Gasteiger partial charge >= 0.3 is 0 Å². The van der Waals surface area contributed by atoms with Crippen LogP contribution in [-0.4, -0.2) is 5.91 Å². The van der Waals surface area contributed by atoms with Crippen LogP contribution in [0.2, 0.25) is 0 Å². The minimum atomic E-state index is -0.216. The Labute approximate surface area is 118 Å². The molecule has 0 saturated heterocycles. The highest BCUT2D eigenvalue weighted by Gasteiger charge is 2.07. The summed E-state index contributed by atoms with van der Waals surface area (Å²) in [6.45, 7) is 2.17. The predicted octanol–water partition coefficient (Wildman–Crippen LogP) is 2.91. The third kappa shape index (κ3) is 3.82. The Morgan fingerprint density at radius 3 is 2.40 bits per heavy atom. The molecule has 0 bridgehead atoms. The van der Waals surface area contributed by atoms with E-state index in [1.807, 2.05) is 24.3 Å². The van der Waals surface area contributed by atoms with Gasteiger partial charge in [-0.1, -0.05) is 25.5 Å². The number of aryl methyl sites for hydroxylation is 1. The molecule has 20 heavy (non-hydrogen) atoms. The van der Waals surface area contributed by atoms with E-state index in [4.69, 9.17) is 0 Å². The minimum absolute atomic E-state index is 0.216. The summed E-state index contributed by atoms with van der Waals surface area (Å²) in [5.41, 5.74) is 2.50. The van der Waals surface area contributed by atoms with Gasteiger partial charge in [0.25, 0.3) is 5.91 Å². The Balaban J connectivity index is 1.99. The van der Waals surface area contributed by atoms with Gasteiger partial charge in [-0.15, -0.1) is 0 Å². The quantitative estimate of drug-likeness (QED) is 0.671. The van der Waals surface area contributed by atoms with Gasteiger partial charge in [0.05, 0.1) is 5.56 Å². The molecule has 1 heterocycles. The molecule has 0 unspecified atom stereocenters. The molecule has 4 heteroatoms. The van der Waals surface area contributed by atoms with Crippen molar-refractivity contribution in [3.63, 3.8) is 0 Å². The van der Waals surface area contributed by atoms with Gasteiger partial charge in [-0.3, -0.25) is 4.79 Å². The number of carbonyl (C=O) groups excluding carboxylic acids is 1. The zero-order valence-electron chi connectivity index (χ0n) is 11.5. The van der Waals surface area contributed by atoms with Gasteiger partial charge in [-0.05, 0) is 30.5 Å². The molecule has 2 rings (SSSR count). The topological polar surface area (TPSA) is 56.0 Å². The van der Waals surface area contributed by atoms with Crippen molar-refractivity contribution in [3.05, 3.63) is 65.1 Å². The van der Waals surface area contributed by atoms with Gasteiger partial charge in [-0.25, -0.2) is 0 Å². The molecule has 0 aliphatic heterocycles. The van der Waals surface area contributed by atoms with Gasteiger partial charge in [0.1, 0.15) is 0 Å². The maximum Gasteiger partial charge on any atom is 0.256 e. The number of hydrogen-bond donors (Lipinski definition) is 1. The van der Waals surface area contributed by atoms with Crippen LogP contribution in [0.3, 0.4) is 0 Å². The third-order valence-electron chi connectivity index (χ3n) is 3.10. The molecule has 0 radical (unpaired) electrons. The summed E-state index contributed by atoms with van der Waals surface area (Å²) >= 11 is 0. The first-order valence-electron chi connectivity index (χ1n) is 6.78. The van der Waals surface area contributed by atoms with Gasteiger partial charge in [-0.2, -0.15) is 4.73 Å². The van der Waals surface area contributed by atoms with E-state index in [-0.39, 0.29) is 5.91 Å². The molecule has 104 valence electrons. The fourth-order valence-electron chi connectivity index (χ4n) is 1.90. The lowest BCUT2D eigenvalue weighted by Gasteiger charge is -2.06. The van der Waals surface area contributed by atoms with Gasteiger partial charge in [0.2, 0.25) is 0 Å². The van der Waals surface area contributed by atoms with Crippen LogP contribution in [0.15, 0.2) is 48.8 Å². The highest BCUT2D eigenvalue weighted by Crippen LogP contribution is 2.12. The first-order valence-corrected chi connectivity index (χ1v) is 6.78. The summed E-state index contributed by atoms with van der Waals surface area (Å²) in [6, 6.07) is 10.9. The van der Waals surface area contributed by atoms with E-state index < -0.39 is 0 Å². The summed E-state index contributed by atoms with van der Waals surface area (Å²) in [4.78, 5) is 12.0. The second-order valence-electron chi connectivity index (χ2n) is 4.70. The zero-order chi connectivity index (χ0) is 14.4.